The van der Waals surface area contributed by atoms with Crippen molar-refractivity contribution in [1.82, 2.24) is 4.98 Å². The van der Waals surface area contributed by atoms with Crippen LogP contribution in [-0.2, 0) is 0 Å². The molecule has 0 bridgehead atoms. The summed E-state index contributed by atoms with van der Waals surface area (Å²) in [6.45, 7) is 0. The molecule has 1 aliphatic carbocycles. The van der Waals surface area contributed by atoms with Crippen LogP contribution in [0, 0.1) is 5.92 Å². The van der Waals surface area contributed by atoms with E-state index in [1.165, 1.54) is 0 Å². The molecule has 0 unspecified atom stereocenters. The fourth-order valence-electron chi connectivity index (χ4n) is 1.68. The van der Waals surface area contributed by atoms with E-state index in [9.17, 15) is 13.2 Å². The minimum atomic E-state index is -4.08. The molecule has 2 aromatic rings. The van der Waals surface area contributed by atoms with Gasteiger partial charge in [-0.15, -0.1) is 11.3 Å². The molecule has 7 heteroatoms. The van der Waals surface area contributed by atoms with Crippen LogP contribution in [0.1, 0.15) is 12.8 Å². The lowest BCUT2D eigenvalue weighted by molar-refractivity contribution is -0.213. The van der Waals surface area contributed by atoms with Gasteiger partial charge in [-0.2, -0.15) is 13.2 Å². The van der Waals surface area contributed by atoms with Crippen molar-refractivity contribution in [2.75, 3.05) is 0 Å². The van der Waals surface area contributed by atoms with Gasteiger partial charge >= 0.3 is 6.18 Å². The Morgan fingerprint density at radius 3 is 2.47 bits per heavy atom. The van der Waals surface area contributed by atoms with Crippen molar-refractivity contribution in [3.8, 4) is 0 Å². The summed E-state index contributed by atoms with van der Waals surface area (Å²) in [6.07, 6.45) is -5.01. The maximum atomic E-state index is 11.6. The zero-order valence-electron chi connectivity index (χ0n) is 9.69. The lowest BCUT2D eigenvalue weighted by atomic mass is 9.82. The Morgan fingerprint density at radius 1 is 1.26 bits per heavy atom. The molecule has 0 aliphatic heterocycles. The van der Waals surface area contributed by atoms with Gasteiger partial charge in [0.15, 0.2) is 0 Å². The summed E-state index contributed by atoms with van der Waals surface area (Å²) in [5.41, 5.74) is 0. The molecule has 2 nitrogen and oxygen atoms in total. The van der Waals surface area contributed by atoms with Crippen molar-refractivity contribution in [3.05, 3.63) is 28.7 Å². The van der Waals surface area contributed by atoms with Crippen LogP contribution in [0.15, 0.2) is 23.6 Å². The van der Waals surface area contributed by atoms with Gasteiger partial charge in [0.1, 0.15) is 9.98 Å². The molecular weight excluding hydrogens is 299 g/mol. The molecule has 0 saturated heterocycles. The number of nitrogens with zero attached hydrogens (tertiary/aromatic N) is 1. The van der Waals surface area contributed by atoms with E-state index >= 15 is 0 Å². The van der Waals surface area contributed by atoms with Gasteiger partial charge in [-0.05, 0) is 36.4 Å². The van der Waals surface area contributed by atoms with E-state index in [0.29, 0.717) is 5.15 Å². The van der Waals surface area contributed by atoms with Gasteiger partial charge in [0.2, 0.25) is 0 Å². The molecular formula is C12H11ClF3NOS. The highest BCUT2D eigenvalue weighted by Gasteiger charge is 2.47. The normalized spacial score (nSPS) is 22.6. The third kappa shape index (κ3) is 3.81. The Hall–Kier alpha value is -0.850. The summed E-state index contributed by atoms with van der Waals surface area (Å²) in [6, 6.07) is 5.81. The third-order valence-corrected chi connectivity index (χ3v) is 3.89. The van der Waals surface area contributed by atoms with Crippen molar-refractivity contribution in [2.45, 2.75) is 25.1 Å². The zero-order chi connectivity index (χ0) is 14.0. The first kappa shape index (κ1) is 14.6. The molecule has 0 aromatic carbocycles. The SMILES string of the molecule is Clc1ccc2ccsc2n1.OC1CC(C(F)(F)F)C1. The molecule has 1 fully saturated rings. The Bertz CT molecular complexity index is 551. The summed E-state index contributed by atoms with van der Waals surface area (Å²) < 4.78 is 34.7. The summed E-state index contributed by atoms with van der Waals surface area (Å²) in [5, 5.41) is 12.2. The molecule has 2 heterocycles. The minimum absolute atomic E-state index is 0.108. The number of fused-ring (bicyclic) bond motifs is 1. The number of halogens is 4. The molecule has 1 aliphatic rings. The molecule has 19 heavy (non-hydrogen) atoms. The number of aliphatic hydroxyl groups excluding tert-OH is 1. The van der Waals surface area contributed by atoms with E-state index in [2.05, 4.69) is 4.98 Å². The van der Waals surface area contributed by atoms with Gasteiger partial charge in [-0.25, -0.2) is 4.98 Å². The number of hydrogen-bond donors (Lipinski definition) is 1. The first-order chi connectivity index (χ1) is 8.86. The molecule has 1 saturated carbocycles. The van der Waals surface area contributed by atoms with E-state index in [0.717, 1.165) is 10.2 Å². The van der Waals surface area contributed by atoms with Gasteiger partial charge < -0.3 is 5.11 Å². The molecule has 0 atom stereocenters. The zero-order valence-corrected chi connectivity index (χ0v) is 11.3. The van der Waals surface area contributed by atoms with Crippen molar-refractivity contribution < 1.29 is 18.3 Å². The number of rotatable bonds is 0. The molecule has 0 spiro atoms. The smallest absolute Gasteiger partial charge is 0.392 e. The van der Waals surface area contributed by atoms with Gasteiger partial charge in [0, 0.05) is 5.39 Å². The summed E-state index contributed by atoms with van der Waals surface area (Å²) >= 11 is 7.28. The van der Waals surface area contributed by atoms with Crippen molar-refractivity contribution in [2.24, 2.45) is 5.92 Å². The average molecular weight is 310 g/mol. The third-order valence-electron chi connectivity index (χ3n) is 2.86. The number of thiophene rings is 1. The first-order valence-electron chi connectivity index (χ1n) is 5.61. The average Bonchev–Trinajstić information content (AvgIpc) is 2.71. The number of aromatic nitrogens is 1. The highest BCUT2D eigenvalue weighted by molar-refractivity contribution is 7.16. The molecule has 3 rings (SSSR count). The number of aliphatic hydroxyl groups is 1. The van der Waals surface area contributed by atoms with Gasteiger partial charge in [0.05, 0.1) is 12.0 Å². The van der Waals surface area contributed by atoms with Crippen LogP contribution in [0.4, 0.5) is 13.2 Å². The Morgan fingerprint density at radius 2 is 1.95 bits per heavy atom. The lowest BCUT2D eigenvalue weighted by Gasteiger charge is -2.32. The maximum Gasteiger partial charge on any atom is 0.392 e. The van der Waals surface area contributed by atoms with Crippen LogP contribution in [0.2, 0.25) is 5.15 Å². The summed E-state index contributed by atoms with van der Waals surface area (Å²) in [5.74, 6) is -1.24. The van der Waals surface area contributed by atoms with E-state index in [1.54, 1.807) is 17.4 Å². The van der Waals surface area contributed by atoms with E-state index in [4.69, 9.17) is 16.7 Å². The second-order valence-corrected chi connectivity index (χ2v) is 5.59. The van der Waals surface area contributed by atoms with Crippen LogP contribution in [0.3, 0.4) is 0 Å². The molecule has 0 radical (unpaired) electrons. The van der Waals surface area contributed by atoms with Crippen LogP contribution in [0.25, 0.3) is 10.2 Å². The van der Waals surface area contributed by atoms with Crippen LogP contribution in [-0.4, -0.2) is 22.4 Å². The topological polar surface area (TPSA) is 33.1 Å². The molecule has 1 N–H and O–H groups in total. The van der Waals surface area contributed by atoms with E-state index in [1.807, 2.05) is 17.5 Å². The monoisotopic (exact) mass is 309 g/mol. The fraction of sp³-hybridized carbons (Fsp3) is 0.417. The van der Waals surface area contributed by atoms with Crippen LogP contribution < -0.4 is 0 Å². The van der Waals surface area contributed by atoms with Gasteiger partial charge in [-0.3, -0.25) is 0 Å². The summed E-state index contributed by atoms with van der Waals surface area (Å²) in [7, 11) is 0. The largest absolute Gasteiger partial charge is 0.393 e. The minimum Gasteiger partial charge on any atom is -0.393 e. The Labute approximate surface area is 116 Å². The van der Waals surface area contributed by atoms with E-state index < -0.39 is 18.2 Å². The first-order valence-corrected chi connectivity index (χ1v) is 6.86. The van der Waals surface area contributed by atoms with Crippen molar-refractivity contribution >= 4 is 33.2 Å². The Kier molecular flexibility index (Phi) is 4.32. The maximum absolute atomic E-state index is 11.6. The molecule has 0 amide bonds. The predicted molar refractivity (Wildman–Crippen MR) is 69.4 cm³/mol. The van der Waals surface area contributed by atoms with Crippen LogP contribution in [0.5, 0.6) is 0 Å². The van der Waals surface area contributed by atoms with Crippen molar-refractivity contribution in [3.63, 3.8) is 0 Å². The molecule has 104 valence electrons. The predicted octanol–water partition coefficient (Wildman–Crippen LogP) is 4.27. The number of alkyl halides is 3. The van der Waals surface area contributed by atoms with E-state index in [-0.39, 0.29) is 12.8 Å². The second-order valence-electron chi connectivity index (χ2n) is 4.31. The number of pyridine rings is 1. The summed E-state index contributed by atoms with van der Waals surface area (Å²) in [4.78, 5) is 5.13. The highest BCUT2D eigenvalue weighted by Crippen LogP contribution is 2.40. The number of hydrogen-bond acceptors (Lipinski definition) is 3. The Balaban J connectivity index is 0.000000141. The standard InChI is InChI=1S/C7H4ClNS.C5H7F3O/c8-6-2-1-5-3-4-10-7(5)9-6;6-5(7,8)3-1-4(9)2-3/h1-4H;3-4,9H,1-2H2. The molecule has 2 aromatic heterocycles. The van der Waals surface area contributed by atoms with Crippen molar-refractivity contribution in [1.29, 1.82) is 0 Å². The fourth-order valence-corrected chi connectivity index (χ4v) is 2.64. The van der Waals surface area contributed by atoms with Gasteiger partial charge in [-0.1, -0.05) is 11.6 Å². The highest BCUT2D eigenvalue weighted by atomic mass is 35.5. The lowest BCUT2D eigenvalue weighted by Crippen LogP contribution is -2.38. The van der Waals surface area contributed by atoms with Crippen LogP contribution >= 0.6 is 22.9 Å². The van der Waals surface area contributed by atoms with Gasteiger partial charge in [0.25, 0.3) is 0 Å². The quantitative estimate of drug-likeness (QED) is 0.737. The second kappa shape index (κ2) is 5.64.